The summed E-state index contributed by atoms with van der Waals surface area (Å²) in [7, 11) is 0. The van der Waals surface area contributed by atoms with Crippen LogP contribution in [0.15, 0.2) is 106 Å². The van der Waals surface area contributed by atoms with Gasteiger partial charge in [-0.05, 0) is 149 Å². The van der Waals surface area contributed by atoms with Gasteiger partial charge in [0.1, 0.15) is 35.8 Å². The molecule has 0 saturated heterocycles. The molecule has 0 unspecified atom stereocenters. The van der Waals surface area contributed by atoms with Gasteiger partial charge in [0.15, 0.2) is 0 Å². The molecule has 2 heterocycles. The van der Waals surface area contributed by atoms with Crippen molar-refractivity contribution < 1.29 is 71.8 Å². The van der Waals surface area contributed by atoms with Gasteiger partial charge >= 0.3 is 11.9 Å². The number of carbonyl (C=O) groups is 2. The van der Waals surface area contributed by atoms with Crippen molar-refractivity contribution in [2.75, 3.05) is 26.3 Å². The van der Waals surface area contributed by atoms with E-state index in [-0.39, 0.29) is 45.9 Å². The lowest BCUT2D eigenvalue weighted by molar-refractivity contribution is -0.496. The number of esters is 2. The molecular weight excluding hydrogens is 1200 g/mol. The topological polar surface area (TPSA) is 107 Å². The van der Waals surface area contributed by atoms with Crippen LogP contribution in [0.3, 0.4) is 0 Å². The van der Waals surface area contributed by atoms with Crippen molar-refractivity contribution in [3.8, 4) is 44.9 Å². The number of nitrogens with one attached hydrogen (secondary N) is 2. The molecule has 2 aliphatic carbocycles. The van der Waals surface area contributed by atoms with E-state index in [1.807, 2.05) is 48.5 Å². The predicted molar refractivity (Wildman–Crippen MR) is 348 cm³/mol. The predicted octanol–water partition coefficient (Wildman–Crippen LogP) is 10.9. The largest absolute Gasteiger partial charge is 1.00 e. The molecule has 4 aliphatic rings. The molecule has 8 nitrogen and oxygen atoms in total. The highest BCUT2D eigenvalue weighted by atomic mass is 79.9. The molecule has 10 heteroatoms. The Morgan fingerprint density at radius 2 is 0.744 bits per heavy atom. The lowest BCUT2D eigenvalue weighted by Gasteiger charge is -2.19. The van der Waals surface area contributed by atoms with E-state index in [1.54, 1.807) is 0 Å². The maximum atomic E-state index is 13.5. The average molecular weight is 1300 g/mol. The van der Waals surface area contributed by atoms with Gasteiger partial charge in [-0.1, -0.05) is 180 Å². The third-order valence-electron chi connectivity index (χ3n) is 16.6. The minimum Gasteiger partial charge on any atom is -1.00 e. The summed E-state index contributed by atoms with van der Waals surface area (Å²) in [6.07, 6.45) is 26.4. The number of hydrogen-bond donors (Lipinski definition) is 2. The maximum Gasteiger partial charge on any atom is 0.338 e. The Morgan fingerprint density at radius 1 is 0.395 bits per heavy atom. The molecule has 464 valence electrons. The van der Waals surface area contributed by atoms with Crippen LogP contribution in [0.5, 0.6) is 0 Å². The molecule has 0 aromatic heterocycles. The summed E-state index contributed by atoms with van der Waals surface area (Å²) in [6.45, 7) is 24.3. The standard InChI is InChI=1S/C39H51NO3.C37H47NO3.2BrH/c1-6-9-10-11-12-13-14-15-16-19-23-42-39(41)32-22-18-17-21-31(32)38-33-24-28(4)30(20-7-2)26-36(33)43-37-27-35(40-8-3)29(5)25-34(37)38;1-6-9-10-11-12-13-14-17-21-40-37(39)30-20-16-15-19-29(30)36-31-22-26(4)28(18-7-2)24-34(31)41-35-25-33(38-8-3)27(5)23-32(35)36;;/h17-18,21-22,24-27H,6-16,19-20,23H2,1-5H3;15-16,19-20,22-25H,6-14,17-18,21H2,1-5H3;2*1H. The molecule has 0 fully saturated rings. The van der Waals surface area contributed by atoms with Crippen LogP contribution >= 0.6 is 0 Å². The second kappa shape index (κ2) is 37.1. The molecule has 86 heavy (non-hydrogen) atoms. The Labute approximate surface area is 536 Å². The van der Waals surface area contributed by atoms with Crippen molar-refractivity contribution in [3.05, 3.63) is 152 Å². The van der Waals surface area contributed by atoms with E-state index >= 15 is 0 Å². The van der Waals surface area contributed by atoms with Gasteiger partial charge < -0.3 is 52.3 Å². The third-order valence-corrected chi connectivity index (χ3v) is 16.6. The quantitative estimate of drug-likeness (QED) is 0.0264. The van der Waals surface area contributed by atoms with Crippen LogP contribution in [0.2, 0.25) is 0 Å². The highest BCUT2D eigenvalue weighted by molar-refractivity contribution is 6.09. The molecule has 4 aromatic carbocycles. The second-order valence-corrected chi connectivity index (χ2v) is 23.4. The van der Waals surface area contributed by atoms with Gasteiger partial charge in [0.25, 0.3) is 0 Å². The monoisotopic (exact) mass is 1290 g/mol. The maximum absolute atomic E-state index is 13.5. The van der Waals surface area contributed by atoms with Gasteiger partial charge in [0, 0.05) is 44.2 Å². The van der Waals surface area contributed by atoms with E-state index in [0.29, 0.717) is 24.3 Å². The normalized spacial score (nSPS) is 11.7. The molecular formula is C76H100Br2N2O6. The molecule has 0 radical (unpaired) electrons. The van der Waals surface area contributed by atoms with E-state index in [9.17, 15) is 9.59 Å². The zero-order chi connectivity index (χ0) is 59.8. The highest BCUT2D eigenvalue weighted by Gasteiger charge is 2.26. The first-order valence-electron chi connectivity index (χ1n) is 32.6. The minimum atomic E-state index is -0.258. The summed E-state index contributed by atoms with van der Waals surface area (Å²) < 4.78 is 24.9. The zero-order valence-electron chi connectivity index (χ0n) is 53.8. The summed E-state index contributed by atoms with van der Waals surface area (Å²) in [4.78, 5) is 33.9. The summed E-state index contributed by atoms with van der Waals surface area (Å²) in [5, 5.41) is 4.17. The molecule has 4 aromatic rings. The Bertz CT molecular complexity index is 3500. The Balaban J connectivity index is 0.000000307. The van der Waals surface area contributed by atoms with Gasteiger partial charge in [-0.25, -0.2) is 19.6 Å². The summed E-state index contributed by atoms with van der Waals surface area (Å²) in [6, 6.07) is 33.2. The number of aryl methyl sites for hydroxylation is 6. The van der Waals surface area contributed by atoms with E-state index in [0.717, 1.165) is 153 Å². The number of hydrogen-bond acceptors (Lipinski definition) is 6. The summed E-state index contributed by atoms with van der Waals surface area (Å²) in [5.41, 5.74) is 16.1. The Hall–Kier alpha value is -5.84. The number of unbranched alkanes of at least 4 members (excludes halogenated alkanes) is 16. The van der Waals surface area contributed by atoms with E-state index in [2.05, 4.69) is 128 Å². The van der Waals surface area contributed by atoms with Crippen molar-refractivity contribution in [2.45, 2.75) is 210 Å². The molecule has 2 aliphatic heterocycles. The fourth-order valence-corrected chi connectivity index (χ4v) is 12.0. The van der Waals surface area contributed by atoms with Gasteiger partial charge in [0.2, 0.25) is 10.7 Å². The van der Waals surface area contributed by atoms with Crippen molar-refractivity contribution in [3.63, 3.8) is 0 Å². The van der Waals surface area contributed by atoms with E-state index in [1.165, 1.54) is 112 Å². The number of fused-ring (bicyclic) bond motifs is 4. The van der Waals surface area contributed by atoms with Crippen molar-refractivity contribution in [2.24, 2.45) is 0 Å². The van der Waals surface area contributed by atoms with Crippen LogP contribution in [0.25, 0.3) is 66.8 Å². The van der Waals surface area contributed by atoms with Crippen LogP contribution in [0.4, 0.5) is 0 Å². The third kappa shape index (κ3) is 19.1. The molecule has 0 atom stereocenters. The summed E-state index contributed by atoms with van der Waals surface area (Å²) >= 11 is 0. The van der Waals surface area contributed by atoms with Crippen LogP contribution in [-0.4, -0.2) is 38.2 Å². The molecule has 0 amide bonds. The first-order valence-corrected chi connectivity index (χ1v) is 32.6. The SMILES string of the molecule is CCCCCCCCCCCCOC(=O)c1ccccc1-c1c2cc(C)c(=[NH+]CC)cc-2oc2cc(CCC)c(C)cc12.CCCCCCCCCCOC(=O)c1ccccc1-c1c2cc(C)c(=[NH+]CC)cc-2oc2cc(CCC)c(C)cc12.[Br-].[Br-]. The fraction of sp³-hybridized carbons (Fsp3) is 0.474. The van der Waals surface area contributed by atoms with E-state index < -0.39 is 0 Å². The lowest BCUT2D eigenvalue weighted by Crippen LogP contribution is -3.00. The van der Waals surface area contributed by atoms with E-state index in [4.69, 9.17) is 18.3 Å². The zero-order valence-corrected chi connectivity index (χ0v) is 57.0. The molecule has 2 N–H and O–H groups in total. The van der Waals surface area contributed by atoms with Crippen molar-refractivity contribution >= 4 is 33.9 Å². The Morgan fingerprint density at radius 3 is 1.09 bits per heavy atom. The van der Waals surface area contributed by atoms with Gasteiger partial charge in [-0.15, -0.1) is 0 Å². The number of benzene rings is 6. The molecule has 0 bridgehead atoms. The fourth-order valence-electron chi connectivity index (χ4n) is 12.0. The number of ether oxygens (including phenoxy) is 2. The van der Waals surface area contributed by atoms with Gasteiger partial charge in [0.05, 0.1) is 36.5 Å². The molecule has 8 rings (SSSR count). The average Bonchev–Trinajstić information content (AvgIpc) is 0.801. The van der Waals surface area contributed by atoms with Crippen molar-refractivity contribution in [1.29, 1.82) is 0 Å². The van der Waals surface area contributed by atoms with Crippen LogP contribution < -0.4 is 54.7 Å². The second-order valence-electron chi connectivity index (χ2n) is 23.4. The Kier molecular flexibility index (Phi) is 30.6. The number of rotatable bonds is 30. The van der Waals surface area contributed by atoms with Crippen LogP contribution in [-0.2, 0) is 22.3 Å². The number of halogens is 2. The summed E-state index contributed by atoms with van der Waals surface area (Å²) in [5.74, 6) is 1.10. The van der Waals surface area contributed by atoms with Crippen LogP contribution in [0.1, 0.15) is 224 Å². The molecule has 0 spiro atoms. The first kappa shape index (κ1) is 70.9. The van der Waals surface area contributed by atoms with Crippen LogP contribution in [0, 0.1) is 27.7 Å². The highest BCUT2D eigenvalue weighted by Crippen LogP contribution is 2.44. The number of carbonyl (C=O) groups excluding carboxylic acids is 2. The molecule has 0 saturated carbocycles. The smallest absolute Gasteiger partial charge is 0.338 e. The van der Waals surface area contributed by atoms with Crippen molar-refractivity contribution in [1.82, 2.24) is 0 Å². The lowest BCUT2D eigenvalue weighted by atomic mass is 9.88. The first-order chi connectivity index (χ1) is 41.0. The van der Waals surface area contributed by atoms with Gasteiger partial charge in [-0.2, -0.15) is 0 Å². The van der Waals surface area contributed by atoms with Gasteiger partial charge in [-0.3, -0.25) is 0 Å². The minimum absolute atomic E-state index is 0.